The highest BCUT2D eigenvalue weighted by Gasteiger charge is 2.44. The summed E-state index contributed by atoms with van der Waals surface area (Å²) in [4.78, 5) is 41.1. The summed E-state index contributed by atoms with van der Waals surface area (Å²) < 4.78 is 33.3. The zero-order valence-corrected chi connectivity index (χ0v) is 19.5. The summed E-state index contributed by atoms with van der Waals surface area (Å²) in [5.74, 6) is -1.97. The van der Waals surface area contributed by atoms with Crippen molar-refractivity contribution in [3.05, 3.63) is 80.7 Å². The van der Waals surface area contributed by atoms with Crippen molar-refractivity contribution in [2.45, 2.75) is 25.2 Å². The van der Waals surface area contributed by atoms with Gasteiger partial charge in [0.1, 0.15) is 18.0 Å². The summed E-state index contributed by atoms with van der Waals surface area (Å²) in [6.07, 6.45) is 2.68. The van der Waals surface area contributed by atoms with Gasteiger partial charge in [0.05, 0.1) is 42.5 Å². The fourth-order valence-corrected chi connectivity index (χ4v) is 3.83. The number of nitrogens with one attached hydrogen (secondary N) is 4. The lowest BCUT2D eigenvalue weighted by atomic mass is 9.96. The molecule has 1 fully saturated rings. The Labute approximate surface area is 208 Å². The fraction of sp³-hybridized carbons (Fsp3) is 0.261. The molecular weight excluding hydrogens is 498 g/mol. The lowest BCUT2D eigenvalue weighted by molar-refractivity contribution is -0.127. The zero-order valence-electron chi connectivity index (χ0n) is 18.7. The van der Waals surface area contributed by atoms with Gasteiger partial charge in [0.2, 0.25) is 5.91 Å². The highest BCUT2D eigenvalue weighted by molar-refractivity contribution is 6.30. The summed E-state index contributed by atoms with van der Waals surface area (Å²) >= 11 is 5.88. The SMILES string of the molecule is O=C(N[C@@]1(C(=O)NCc2ncc(Nc3ccc(Cl)cc3CF)cc2F)CCOC1)c1cn[nH]c(=O)c1. The second kappa shape index (κ2) is 10.8. The Balaban J connectivity index is 1.43. The largest absolute Gasteiger partial charge is 0.378 e. The monoisotopic (exact) mass is 518 g/mol. The van der Waals surface area contributed by atoms with E-state index in [0.717, 1.165) is 12.3 Å². The first kappa shape index (κ1) is 25.2. The third-order valence-electron chi connectivity index (χ3n) is 5.56. The van der Waals surface area contributed by atoms with Gasteiger partial charge in [-0.25, -0.2) is 13.9 Å². The number of aromatic nitrogens is 3. The number of carbonyl (C=O) groups excluding carboxylic acids is 2. The quantitative estimate of drug-likeness (QED) is 0.359. The summed E-state index contributed by atoms with van der Waals surface area (Å²) in [6.45, 7) is -0.897. The number of ether oxygens (including phenoxy) is 1. The van der Waals surface area contributed by atoms with E-state index < -0.39 is 35.4 Å². The molecule has 4 rings (SSSR count). The molecule has 0 unspecified atom stereocenters. The minimum absolute atomic E-state index is 0.0229. The lowest BCUT2D eigenvalue weighted by Crippen LogP contribution is -2.59. The minimum Gasteiger partial charge on any atom is -0.378 e. The summed E-state index contributed by atoms with van der Waals surface area (Å²) in [7, 11) is 0. The van der Waals surface area contributed by atoms with E-state index in [2.05, 4.69) is 31.1 Å². The fourth-order valence-electron chi connectivity index (χ4n) is 3.64. The second-order valence-corrected chi connectivity index (χ2v) is 8.50. The molecule has 188 valence electrons. The van der Waals surface area contributed by atoms with Gasteiger partial charge in [-0.05, 0) is 18.2 Å². The van der Waals surface area contributed by atoms with Gasteiger partial charge < -0.3 is 20.7 Å². The molecule has 10 nitrogen and oxygen atoms in total. The Hall–Kier alpha value is -3.90. The number of H-pyrrole nitrogens is 1. The van der Waals surface area contributed by atoms with E-state index in [4.69, 9.17) is 16.3 Å². The van der Waals surface area contributed by atoms with Crippen molar-refractivity contribution < 1.29 is 23.1 Å². The number of anilines is 2. The van der Waals surface area contributed by atoms with E-state index in [9.17, 15) is 23.2 Å². The molecule has 0 bridgehead atoms. The van der Waals surface area contributed by atoms with E-state index >= 15 is 0 Å². The third kappa shape index (κ3) is 5.66. The van der Waals surface area contributed by atoms with Gasteiger partial charge in [0.15, 0.2) is 0 Å². The van der Waals surface area contributed by atoms with Crippen LogP contribution in [-0.4, -0.2) is 45.7 Å². The maximum atomic E-state index is 14.7. The summed E-state index contributed by atoms with van der Waals surface area (Å²) in [5, 5.41) is 14.2. The number of rotatable bonds is 8. The van der Waals surface area contributed by atoms with Gasteiger partial charge in [-0.15, -0.1) is 0 Å². The zero-order chi connectivity index (χ0) is 25.7. The van der Waals surface area contributed by atoms with Crippen LogP contribution < -0.4 is 21.5 Å². The molecule has 0 spiro atoms. The smallest absolute Gasteiger partial charge is 0.264 e. The maximum absolute atomic E-state index is 14.7. The molecule has 4 N–H and O–H groups in total. The normalized spacial score (nSPS) is 17.0. The van der Waals surface area contributed by atoms with Crippen molar-refractivity contribution in [3.8, 4) is 0 Å². The highest BCUT2D eigenvalue weighted by Crippen LogP contribution is 2.26. The Kier molecular flexibility index (Phi) is 7.55. The van der Waals surface area contributed by atoms with E-state index in [1.165, 1.54) is 18.3 Å². The maximum Gasteiger partial charge on any atom is 0.264 e. The van der Waals surface area contributed by atoms with E-state index in [1.807, 2.05) is 0 Å². The van der Waals surface area contributed by atoms with Crippen LogP contribution in [0.3, 0.4) is 0 Å². The molecule has 2 amide bonds. The van der Waals surface area contributed by atoms with Crippen LogP contribution in [0, 0.1) is 5.82 Å². The number of amides is 2. The van der Waals surface area contributed by atoms with Crippen molar-refractivity contribution in [1.82, 2.24) is 25.8 Å². The number of hydrogen-bond donors (Lipinski definition) is 4. The van der Waals surface area contributed by atoms with E-state index in [-0.39, 0.29) is 43.1 Å². The Morgan fingerprint density at radius 2 is 2.06 bits per heavy atom. The molecule has 0 radical (unpaired) electrons. The second-order valence-electron chi connectivity index (χ2n) is 8.07. The van der Waals surface area contributed by atoms with Crippen LogP contribution in [0.4, 0.5) is 20.2 Å². The van der Waals surface area contributed by atoms with Crippen molar-refractivity contribution in [3.63, 3.8) is 0 Å². The molecular formula is C23H21ClF2N6O4. The van der Waals surface area contributed by atoms with Crippen LogP contribution in [0.25, 0.3) is 0 Å². The van der Waals surface area contributed by atoms with Crippen LogP contribution in [-0.2, 0) is 22.8 Å². The first-order chi connectivity index (χ1) is 17.3. The Bertz CT molecular complexity index is 1350. The van der Waals surface area contributed by atoms with Crippen LogP contribution >= 0.6 is 11.6 Å². The van der Waals surface area contributed by atoms with Gasteiger partial charge in [0.25, 0.3) is 11.5 Å². The third-order valence-corrected chi connectivity index (χ3v) is 5.80. The first-order valence-corrected chi connectivity index (χ1v) is 11.2. The number of nitrogens with zero attached hydrogens (tertiary/aromatic N) is 2. The lowest BCUT2D eigenvalue weighted by Gasteiger charge is -2.27. The molecule has 2 aromatic heterocycles. The van der Waals surface area contributed by atoms with Crippen LogP contribution in [0.2, 0.25) is 5.02 Å². The number of hydrogen-bond acceptors (Lipinski definition) is 7. The Morgan fingerprint density at radius 1 is 1.22 bits per heavy atom. The number of alkyl halides is 1. The summed E-state index contributed by atoms with van der Waals surface area (Å²) in [5.41, 5.74) is -1.05. The van der Waals surface area contributed by atoms with E-state index in [0.29, 0.717) is 16.3 Å². The predicted octanol–water partition coefficient (Wildman–Crippen LogP) is 2.38. The standard InChI is InChI=1S/C23H21ClF2N6O4/c24-15-1-2-18(13(5-15)8-25)30-16-7-17(26)19(27-10-16)11-28-22(35)23(3-4-36-12-23)31-21(34)14-6-20(33)32-29-9-14/h1-2,5-7,9-10,30H,3-4,8,11-12H2,(H,28,35)(H,31,34)(H,32,33)/t23-/m0/s1. The Morgan fingerprint density at radius 3 is 2.75 bits per heavy atom. The molecule has 0 saturated carbocycles. The molecule has 36 heavy (non-hydrogen) atoms. The average Bonchev–Trinajstić information content (AvgIpc) is 3.34. The molecule has 1 aliphatic rings. The van der Waals surface area contributed by atoms with Gasteiger partial charge in [-0.1, -0.05) is 11.6 Å². The summed E-state index contributed by atoms with van der Waals surface area (Å²) in [6, 6.07) is 6.83. The molecule has 13 heteroatoms. The highest BCUT2D eigenvalue weighted by atomic mass is 35.5. The molecule has 1 atom stereocenters. The van der Waals surface area contributed by atoms with Crippen molar-refractivity contribution in [2.75, 3.05) is 18.5 Å². The number of pyridine rings is 1. The molecule has 3 heterocycles. The predicted molar refractivity (Wildman–Crippen MR) is 126 cm³/mol. The van der Waals surface area contributed by atoms with Crippen molar-refractivity contribution in [2.24, 2.45) is 0 Å². The van der Waals surface area contributed by atoms with Gasteiger partial charge in [0, 0.05) is 41.4 Å². The minimum atomic E-state index is -1.41. The van der Waals surface area contributed by atoms with Crippen LogP contribution in [0.1, 0.15) is 28.0 Å². The van der Waals surface area contributed by atoms with E-state index in [1.54, 1.807) is 12.1 Å². The van der Waals surface area contributed by atoms with Crippen LogP contribution in [0.5, 0.6) is 0 Å². The number of aromatic amines is 1. The van der Waals surface area contributed by atoms with Crippen LogP contribution in [0.15, 0.2) is 47.5 Å². The molecule has 3 aromatic rings. The van der Waals surface area contributed by atoms with Gasteiger partial charge in [-0.2, -0.15) is 5.10 Å². The average molecular weight is 519 g/mol. The van der Waals surface area contributed by atoms with Crippen molar-refractivity contribution >= 4 is 34.8 Å². The molecule has 1 aliphatic heterocycles. The number of carbonyl (C=O) groups is 2. The number of benzene rings is 1. The van der Waals surface area contributed by atoms with Crippen molar-refractivity contribution in [1.29, 1.82) is 0 Å². The molecule has 0 aliphatic carbocycles. The molecule has 1 aromatic carbocycles. The first-order valence-electron chi connectivity index (χ1n) is 10.8. The van der Waals surface area contributed by atoms with Gasteiger partial charge >= 0.3 is 0 Å². The van der Waals surface area contributed by atoms with Gasteiger partial charge in [-0.3, -0.25) is 19.4 Å². The molecule has 1 saturated heterocycles. The number of halogens is 3. The topological polar surface area (TPSA) is 138 Å².